The number of carbonyl (C=O) groups excluding carboxylic acids is 1. The number of ether oxygens (including phenoxy) is 1. The minimum atomic E-state index is -0.471. The molecule has 0 unspecified atom stereocenters. The van der Waals surface area contributed by atoms with Crippen LogP contribution in [0.1, 0.15) is 31.9 Å². The highest BCUT2D eigenvalue weighted by atomic mass is 16.6. The molecule has 0 saturated carbocycles. The zero-order valence-electron chi connectivity index (χ0n) is 22.2. The van der Waals surface area contributed by atoms with Crippen molar-refractivity contribution in [3.8, 4) is 22.8 Å². The Bertz CT molecular complexity index is 1250. The second-order valence-electron chi connectivity index (χ2n) is 9.59. The number of benzene rings is 2. The van der Waals surface area contributed by atoms with Gasteiger partial charge in [-0.15, -0.1) is 0 Å². The molecular weight excluding hydrogens is 468 g/mol. The van der Waals surface area contributed by atoms with Crippen LogP contribution in [0.4, 0.5) is 4.79 Å². The molecule has 10 heteroatoms. The Kier molecular flexibility index (Phi) is 9.51. The van der Waals surface area contributed by atoms with Crippen molar-refractivity contribution in [1.29, 1.82) is 0 Å². The third-order valence-electron chi connectivity index (χ3n) is 5.14. The smallest absolute Gasteiger partial charge is 0.407 e. The number of hydrogen-bond acceptors (Lipinski definition) is 7. The maximum Gasteiger partial charge on any atom is 0.407 e. The molecule has 196 valence electrons. The van der Waals surface area contributed by atoms with Crippen molar-refractivity contribution >= 4 is 6.09 Å². The molecule has 2 aromatic heterocycles. The molecule has 10 nitrogen and oxygen atoms in total. The third kappa shape index (κ3) is 9.16. The monoisotopic (exact) mass is 504 g/mol. The fourth-order valence-corrected chi connectivity index (χ4v) is 3.37. The number of alkyl carbamates (subject to hydrolysis) is 1. The molecule has 2 heterocycles. The summed E-state index contributed by atoms with van der Waals surface area (Å²) in [5, 5.41) is 11.2. The van der Waals surface area contributed by atoms with Crippen molar-refractivity contribution in [2.45, 2.75) is 39.2 Å². The molecule has 0 aliphatic carbocycles. The number of aromatic nitrogens is 6. The van der Waals surface area contributed by atoms with Crippen LogP contribution in [-0.2, 0) is 31.7 Å². The Hall–Kier alpha value is -4.05. The minimum absolute atomic E-state index is 0.387. The number of rotatable bonds is 7. The summed E-state index contributed by atoms with van der Waals surface area (Å²) in [4.78, 5) is 19.9. The second-order valence-corrected chi connectivity index (χ2v) is 9.59. The van der Waals surface area contributed by atoms with E-state index >= 15 is 0 Å². The quantitative estimate of drug-likeness (QED) is 0.394. The molecule has 0 aliphatic heterocycles. The highest BCUT2D eigenvalue weighted by Crippen LogP contribution is 2.16. The van der Waals surface area contributed by atoms with Crippen LogP contribution < -0.4 is 11.1 Å². The third-order valence-corrected chi connectivity index (χ3v) is 5.14. The van der Waals surface area contributed by atoms with Gasteiger partial charge in [0.05, 0.1) is 0 Å². The number of carbonyl (C=O) groups is 1. The molecule has 0 bridgehead atoms. The first-order valence-electron chi connectivity index (χ1n) is 12.2. The van der Waals surface area contributed by atoms with Crippen LogP contribution in [0.25, 0.3) is 22.8 Å². The summed E-state index contributed by atoms with van der Waals surface area (Å²) in [6.45, 7) is 6.75. The molecule has 2 aromatic carbocycles. The molecule has 0 saturated heterocycles. The van der Waals surface area contributed by atoms with Crippen LogP contribution in [0.2, 0.25) is 0 Å². The molecular formula is C27H36N8O2. The average Bonchev–Trinajstić information content (AvgIpc) is 3.48. The molecule has 0 spiro atoms. The van der Waals surface area contributed by atoms with Gasteiger partial charge < -0.3 is 15.8 Å². The SMILES string of the molecule is Cn1cnc(-c2ccc(CCN)cc2)n1.Cn1cnc(-c2ccc(CCNC(=O)OC(C)(C)C)cc2)n1. The van der Waals surface area contributed by atoms with E-state index in [0.29, 0.717) is 18.9 Å². The first-order valence-corrected chi connectivity index (χ1v) is 12.2. The molecule has 4 aromatic rings. The van der Waals surface area contributed by atoms with Gasteiger partial charge in [-0.3, -0.25) is 9.36 Å². The first kappa shape index (κ1) is 27.5. The van der Waals surface area contributed by atoms with Crippen LogP contribution in [0.15, 0.2) is 61.2 Å². The van der Waals surface area contributed by atoms with E-state index in [1.807, 2.05) is 71.3 Å². The molecule has 37 heavy (non-hydrogen) atoms. The number of amides is 1. The molecule has 0 aliphatic rings. The summed E-state index contributed by atoms with van der Waals surface area (Å²) in [6.07, 6.45) is 4.64. The van der Waals surface area contributed by atoms with Gasteiger partial charge in [0.15, 0.2) is 11.6 Å². The van der Waals surface area contributed by atoms with Crippen LogP contribution >= 0.6 is 0 Å². The molecule has 0 fully saturated rings. The standard InChI is InChI=1S/C16H22N4O2.C11H14N4/c1-16(2,3)22-15(21)17-10-9-12-5-7-13(8-6-12)14-18-11-20(4)19-14;1-15-8-13-11(14-15)10-4-2-9(3-5-10)6-7-12/h5-8,11H,9-10H2,1-4H3,(H,17,21);2-5,8H,6-7,12H2,1H3. The van der Waals surface area contributed by atoms with Gasteiger partial charge in [0.2, 0.25) is 0 Å². The lowest BCUT2D eigenvalue weighted by molar-refractivity contribution is 0.0528. The van der Waals surface area contributed by atoms with Gasteiger partial charge in [-0.25, -0.2) is 14.8 Å². The predicted octanol–water partition coefficient (Wildman–Crippen LogP) is 3.53. The Labute approximate surface area is 217 Å². The predicted molar refractivity (Wildman–Crippen MR) is 144 cm³/mol. The Morgan fingerprint density at radius 3 is 1.68 bits per heavy atom. The van der Waals surface area contributed by atoms with E-state index in [9.17, 15) is 4.79 Å². The van der Waals surface area contributed by atoms with E-state index in [1.165, 1.54) is 5.56 Å². The topological polar surface area (TPSA) is 126 Å². The van der Waals surface area contributed by atoms with Crippen molar-refractivity contribution < 1.29 is 9.53 Å². The lowest BCUT2D eigenvalue weighted by atomic mass is 10.1. The Morgan fingerprint density at radius 2 is 1.30 bits per heavy atom. The lowest BCUT2D eigenvalue weighted by Gasteiger charge is -2.19. The largest absolute Gasteiger partial charge is 0.444 e. The molecule has 3 N–H and O–H groups in total. The highest BCUT2D eigenvalue weighted by molar-refractivity contribution is 5.67. The van der Waals surface area contributed by atoms with Crippen LogP contribution in [0, 0.1) is 0 Å². The normalized spacial score (nSPS) is 11.0. The summed E-state index contributed by atoms with van der Waals surface area (Å²) in [5.41, 5.74) is 9.41. The summed E-state index contributed by atoms with van der Waals surface area (Å²) in [5.74, 6) is 1.47. The maximum atomic E-state index is 11.5. The van der Waals surface area contributed by atoms with Crippen molar-refractivity contribution in [3.63, 3.8) is 0 Å². The van der Waals surface area contributed by atoms with E-state index in [-0.39, 0.29) is 6.09 Å². The van der Waals surface area contributed by atoms with E-state index in [4.69, 9.17) is 10.5 Å². The van der Waals surface area contributed by atoms with Crippen LogP contribution in [-0.4, -0.2) is 54.3 Å². The van der Waals surface area contributed by atoms with Gasteiger partial charge in [-0.1, -0.05) is 48.5 Å². The van der Waals surface area contributed by atoms with Crippen LogP contribution in [0.3, 0.4) is 0 Å². The van der Waals surface area contributed by atoms with Gasteiger partial charge >= 0.3 is 6.09 Å². The summed E-state index contributed by atoms with van der Waals surface area (Å²) >= 11 is 0. The average molecular weight is 505 g/mol. The summed E-state index contributed by atoms with van der Waals surface area (Å²) in [7, 11) is 3.70. The fraction of sp³-hybridized carbons (Fsp3) is 0.370. The number of nitrogens with one attached hydrogen (secondary N) is 1. The molecule has 0 atom stereocenters. The fourth-order valence-electron chi connectivity index (χ4n) is 3.37. The second kappa shape index (κ2) is 12.8. The van der Waals surface area contributed by atoms with Gasteiger partial charge in [0, 0.05) is 31.8 Å². The minimum Gasteiger partial charge on any atom is -0.444 e. The van der Waals surface area contributed by atoms with Crippen LogP contribution in [0.5, 0.6) is 0 Å². The number of aryl methyl sites for hydroxylation is 2. The maximum absolute atomic E-state index is 11.5. The molecule has 0 radical (unpaired) electrons. The molecule has 4 rings (SSSR count). The van der Waals surface area contributed by atoms with Crippen molar-refractivity contribution in [2.75, 3.05) is 13.1 Å². The van der Waals surface area contributed by atoms with Crippen molar-refractivity contribution in [1.82, 2.24) is 34.8 Å². The number of nitrogens with two attached hydrogens (primary N) is 1. The van der Waals surface area contributed by atoms with Gasteiger partial charge in [0.1, 0.15) is 18.3 Å². The Balaban J connectivity index is 0.000000220. The molecule has 1 amide bonds. The zero-order chi connectivity index (χ0) is 26.8. The van der Waals surface area contributed by atoms with E-state index < -0.39 is 5.60 Å². The van der Waals surface area contributed by atoms with Gasteiger partial charge in [-0.05, 0) is 51.3 Å². The number of nitrogens with zero attached hydrogens (tertiary/aromatic N) is 6. The van der Waals surface area contributed by atoms with Crippen molar-refractivity contribution in [2.24, 2.45) is 19.8 Å². The highest BCUT2D eigenvalue weighted by Gasteiger charge is 2.15. The number of hydrogen-bond donors (Lipinski definition) is 2. The van der Waals surface area contributed by atoms with Crippen molar-refractivity contribution in [3.05, 3.63) is 72.3 Å². The van der Waals surface area contributed by atoms with Gasteiger partial charge in [0.25, 0.3) is 0 Å². The van der Waals surface area contributed by atoms with E-state index in [2.05, 4.69) is 37.6 Å². The lowest BCUT2D eigenvalue weighted by Crippen LogP contribution is -2.33. The van der Waals surface area contributed by atoms with E-state index in [0.717, 1.165) is 35.4 Å². The summed E-state index contributed by atoms with van der Waals surface area (Å²) in [6, 6.07) is 16.2. The van der Waals surface area contributed by atoms with E-state index in [1.54, 1.807) is 22.0 Å². The zero-order valence-corrected chi connectivity index (χ0v) is 22.2. The first-order chi connectivity index (χ1) is 17.6. The summed E-state index contributed by atoms with van der Waals surface area (Å²) < 4.78 is 8.56. The Morgan fingerprint density at radius 1 is 0.838 bits per heavy atom. The van der Waals surface area contributed by atoms with Gasteiger partial charge in [-0.2, -0.15) is 10.2 Å².